The minimum atomic E-state index is -1.24. The molecule has 0 aromatic carbocycles. The van der Waals surface area contributed by atoms with Gasteiger partial charge in [0.1, 0.15) is 25.3 Å². The first-order valence-electron chi connectivity index (χ1n) is 21.9. The van der Waals surface area contributed by atoms with E-state index in [-0.39, 0.29) is 165 Å². The average Bonchev–Trinajstić information content (AvgIpc) is 3.25. The van der Waals surface area contributed by atoms with Crippen molar-refractivity contribution in [2.75, 3.05) is 65.9 Å². The molecular formula is C43H67N3O18. The zero-order valence-electron chi connectivity index (χ0n) is 36.7. The molecule has 1 aliphatic carbocycles. The molecule has 64 heavy (non-hydrogen) atoms. The summed E-state index contributed by atoms with van der Waals surface area (Å²) in [6, 6.07) is -1.12. The van der Waals surface area contributed by atoms with E-state index in [1.807, 2.05) is 0 Å². The molecule has 0 saturated heterocycles. The second kappa shape index (κ2) is 35.4. The second-order valence-electron chi connectivity index (χ2n) is 15.6. The van der Waals surface area contributed by atoms with Crippen molar-refractivity contribution in [3.8, 4) is 0 Å². The smallest absolute Gasteiger partial charge is 0.306 e. The number of rotatable bonds is 41. The molecule has 1 rings (SSSR count). The summed E-state index contributed by atoms with van der Waals surface area (Å²) < 4.78 is 21.3. The molecule has 0 heterocycles. The molecule has 0 aliphatic heterocycles. The van der Waals surface area contributed by atoms with E-state index in [1.54, 1.807) is 0 Å². The van der Waals surface area contributed by atoms with Crippen LogP contribution in [-0.4, -0.2) is 152 Å². The molecule has 21 nitrogen and oxygen atoms in total. The van der Waals surface area contributed by atoms with Crippen LogP contribution in [0.2, 0.25) is 0 Å². The number of ether oxygens (including phenoxy) is 4. The molecule has 0 spiro atoms. The lowest BCUT2D eigenvalue weighted by atomic mass is 9.78. The molecule has 2 atom stereocenters. The van der Waals surface area contributed by atoms with Gasteiger partial charge in [-0.2, -0.15) is 0 Å². The largest absolute Gasteiger partial charge is 0.481 e. The molecule has 0 radical (unpaired) electrons. The Balaban J connectivity index is 2.26. The highest BCUT2D eigenvalue weighted by molar-refractivity contribution is 5.90. The average molecular weight is 914 g/mol. The number of hydrogen-bond donors (Lipinski definition) is 6. The Morgan fingerprint density at radius 1 is 0.578 bits per heavy atom. The number of hydrogen-bond acceptors (Lipinski definition) is 15. The number of carboxylic acids is 3. The van der Waals surface area contributed by atoms with Crippen molar-refractivity contribution in [1.82, 2.24) is 16.0 Å². The Kier molecular flexibility index (Phi) is 31.5. The van der Waals surface area contributed by atoms with E-state index in [0.717, 1.165) is 0 Å². The van der Waals surface area contributed by atoms with E-state index in [1.165, 1.54) is 0 Å². The van der Waals surface area contributed by atoms with Gasteiger partial charge < -0.3 is 55.0 Å². The minimum Gasteiger partial charge on any atom is -0.481 e. The summed E-state index contributed by atoms with van der Waals surface area (Å²) in [6.07, 6.45) is 3.07. The van der Waals surface area contributed by atoms with Crippen molar-refractivity contribution in [3.63, 3.8) is 0 Å². The van der Waals surface area contributed by atoms with Gasteiger partial charge in [0.15, 0.2) is 17.3 Å². The third-order valence-corrected chi connectivity index (χ3v) is 10.3. The molecule has 1 fully saturated rings. The van der Waals surface area contributed by atoms with Crippen LogP contribution in [0.5, 0.6) is 0 Å². The Bertz CT molecular complexity index is 1510. The highest BCUT2D eigenvalue weighted by Gasteiger charge is 2.31. The van der Waals surface area contributed by atoms with Crippen LogP contribution in [0.15, 0.2) is 0 Å². The molecule has 362 valence electrons. The van der Waals surface area contributed by atoms with Gasteiger partial charge in [0.25, 0.3) is 0 Å². The molecule has 1 aliphatic rings. The molecular weight excluding hydrogens is 846 g/mol. The summed E-state index contributed by atoms with van der Waals surface area (Å²) in [5.41, 5.74) is 0. The predicted molar refractivity (Wildman–Crippen MR) is 224 cm³/mol. The number of aliphatic carboxylic acids is 3. The number of nitrogens with one attached hydrogen (secondary N) is 3. The van der Waals surface area contributed by atoms with Gasteiger partial charge in [-0.1, -0.05) is 0 Å². The van der Waals surface area contributed by atoms with Crippen molar-refractivity contribution >= 4 is 65.0 Å². The Morgan fingerprint density at radius 2 is 1.20 bits per heavy atom. The second-order valence-corrected chi connectivity index (χ2v) is 15.6. The van der Waals surface area contributed by atoms with E-state index < -0.39 is 53.9 Å². The summed E-state index contributed by atoms with van der Waals surface area (Å²) in [7, 11) is 0. The van der Waals surface area contributed by atoms with Crippen molar-refractivity contribution in [2.45, 2.75) is 122 Å². The van der Waals surface area contributed by atoms with Crippen molar-refractivity contribution in [3.05, 3.63) is 0 Å². The monoisotopic (exact) mass is 913 g/mol. The van der Waals surface area contributed by atoms with Crippen LogP contribution in [-0.2, 0) is 71.7 Å². The molecule has 2 unspecified atom stereocenters. The first kappa shape index (κ1) is 57.0. The van der Waals surface area contributed by atoms with E-state index in [9.17, 15) is 57.8 Å². The number of carboxylic acid groups (broad SMARTS) is 3. The van der Waals surface area contributed by atoms with Crippen molar-refractivity contribution in [2.24, 2.45) is 17.8 Å². The van der Waals surface area contributed by atoms with Crippen LogP contribution >= 0.6 is 0 Å². The summed E-state index contributed by atoms with van der Waals surface area (Å²) in [6.45, 7) is 0.925. The summed E-state index contributed by atoms with van der Waals surface area (Å²) in [5, 5.41) is 35.4. The van der Waals surface area contributed by atoms with Gasteiger partial charge in [-0.3, -0.25) is 47.9 Å². The summed E-state index contributed by atoms with van der Waals surface area (Å²) in [4.78, 5) is 130. The SMILES string of the molecule is O=CCCC(=O)CNC(=O)COCCOCCCC(=O)COCCOCCCC(=O)C(CCC(=O)O)NC(=O)CCC(CC(=O)C1CCC(CNC(=O)CCCC(=O)O)CC1)C(=O)O. The fourth-order valence-corrected chi connectivity index (χ4v) is 6.62. The zero-order valence-corrected chi connectivity index (χ0v) is 36.7. The van der Waals surface area contributed by atoms with Crippen LogP contribution in [0.25, 0.3) is 0 Å². The molecule has 0 bridgehead atoms. The molecule has 0 aromatic heterocycles. The Morgan fingerprint density at radius 3 is 1.83 bits per heavy atom. The number of carbonyl (C=O) groups is 11. The van der Waals surface area contributed by atoms with Crippen LogP contribution < -0.4 is 16.0 Å². The zero-order chi connectivity index (χ0) is 47.5. The number of ketones is 4. The number of aldehydes is 1. The fraction of sp³-hybridized carbons (Fsp3) is 0.744. The first-order valence-corrected chi connectivity index (χ1v) is 21.9. The number of Topliss-reactive ketones (excluding diaryl/α,β-unsaturated/α-hetero) is 4. The topological polar surface area (TPSA) is 321 Å². The van der Waals surface area contributed by atoms with Crippen LogP contribution in [0.4, 0.5) is 0 Å². The van der Waals surface area contributed by atoms with Gasteiger partial charge in [0.2, 0.25) is 17.7 Å². The molecule has 1 saturated carbocycles. The maximum atomic E-state index is 13.0. The Labute approximate surface area is 372 Å². The van der Waals surface area contributed by atoms with Gasteiger partial charge in [0, 0.05) is 83.5 Å². The molecule has 21 heteroatoms. The third kappa shape index (κ3) is 30.2. The highest BCUT2D eigenvalue weighted by Crippen LogP contribution is 2.31. The van der Waals surface area contributed by atoms with Gasteiger partial charge in [-0.05, 0) is 63.7 Å². The van der Waals surface area contributed by atoms with E-state index >= 15 is 0 Å². The van der Waals surface area contributed by atoms with Crippen LogP contribution in [0, 0.1) is 17.8 Å². The lowest BCUT2D eigenvalue weighted by Gasteiger charge is -2.28. The van der Waals surface area contributed by atoms with Gasteiger partial charge in [-0.25, -0.2) is 0 Å². The number of carbonyl (C=O) groups excluding carboxylic acids is 8. The summed E-state index contributed by atoms with van der Waals surface area (Å²) >= 11 is 0. The van der Waals surface area contributed by atoms with Crippen molar-refractivity contribution < 1.29 is 87.0 Å². The lowest BCUT2D eigenvalue weighted by Crippen LogP contribution is -2.41. The molecule has 6 N–H and O–H groups in total. The molecule has 3 amide bonds. The Hall–Kier alpha value is -4.99. The standard InChI is InChI=1S/C43H67N3O18/c47-18-2-5-33(48)27-45-40(54)29-64-24-22-61-19-3-6-34(49)28-63-23-21-62-20-4-7-36(50)35(15-17-42(57)58)46-39(53)16-14-32(43(59)60)25-37(51)31-12-10-30(11-13-31)26-44-38(52)8-1-9-41(55)56/h18,30-32,35H,1-17,19-29H2,(H,44,52)(H,45,54)(H,46,53)(H,55,56)(H,57,58)(H,59,60). The maximum absolute atomic E-state index is 13.0. The lowest BCUT2D eigenvalue weighted by molar-refractivity contribution is -0.145. The minimum absolute atomic E-state index is 0.0342. The van der Waals surface area contributed by atoms with E-state index in [2.05, 4.69) is 16.0 Å². The van der Waals surface area contributed by atoms with E-state index in [0.29, 0.717) is 51.5 Å². The summed E-state index contributed by atoms with van der Waals surface area (Å²) in [5.74, 6) is -7.07. The van der Waals surface area contributed by atoms with Gasteiger partial charge in [-0.15, -0.1) is 0 Å². The van der Waals surface area contributed by atoms with Crippen LogP contribution in [0.1, 0.15) is 116 Å². The predicted octanol–water partition coefficient (Wildman–Crippen LogP) is 1.38. The van der Waals surface area contributed by atoms with E-state index in [4.69, 9.17) is 29.2 Å². The van der Waals surface area contributed by atoms with Crippen molar-refractivity contribution in [1.29, 1.82) is 0 Å². The fourth-order valence-electron chi connectivity index (χ4n) is 6.62. The van der Waals surface area contributed by atoms with Crippen LogP contribution in [0.3, 0.4) is 0 Å². The highest BCUT2D eigenvalue weighted by atomic mass is 16.5. The number of amides is 3. The van der Waals surface area contributed by atoms with Gasteiger partial charge in [0.05, 0.1) is 44.9 Å². The first-order chi connectivity index (χ1) is 30.6. The molecule has 0 aromatic rings. The normalized spacial score (nSPS) is 15.6. The van der Waals surface area contributed by atoms with Gasteiger partial charge >= 0.3 is 17.9 Å². The maximum Gasteiger partial charge on any atom is 0.306 e. The third-order valence-electron chi connectivity index (χ3n) is 10.3. The quantitative estimate of drug-likeness (QED) is 0.0373.